The summed E-state index contributed by atoms with van der Waals surface area (Å²) in [6.45, 7) is 3.59. The Hall–Kier alpha value is -2.08. The van der Waals surface area contributed by atoms with E-state index in [9.17, 15) is 8.78 Å². The second kappa shape index (κ2) is 5.50. The zero-order valence-electron chi connectivity index (χ0n) is 10.8. The molecular weight excluding hydrogens is 262 g/mol. The lowest BCUT2D eigenvalue weighted by atomic mass is 10.1. The van der Waals surface area contributed by atoms with E-state index >= 15 is 0 Å². The van der Waals surface area contributed by atoms with Gasteiger partial charge in [0.15, 0.2) is 5.82 Å². The minimum absolute atomic E-state index is 0.391. The van der Waals surface area contributed by atoms with E-state index in [0.29, 0.717) is 11.3 Å². The molecule has 0 spiro atoms. The molecule has 1 saturated heterocycles. The van der Waals surface area contributed by atoms with Gasteiger partial charge in [0, 0.05) is 37.8 Å². The highest BCUT2D eigenvalue weighted by atomic mass is 19.1. The number of benzene rings is 1. The van der Waals surface area contributed by atoms with Crippen LogP contribution in [0.1, 0.15) is 0 Å². The third kappa shape index (κ3) is 2.75. The zero-order chi connectivity index (χ0) is 13.9. The molecule has 20 heavy (non-hydrogen) atoms. The van der Waals surface area contributed by atoms with E-state index in [4.69, 9.17) is 0 Å². The number of hydrogen-bond donors (Lipinski definition) is 1. The first kappa shape index (κ1) is 12.9. The van der Waals surface area contributed by atoms with Crippen molar-refractivity contribution in [1.29, 1.82) is 0 Å². The fourth-order valence-electron chi connectivity index (χ4n) is 2.24. The highest BCUT2D eigenvalue weighted by Crippen LogP contribution is 2.20. The molecule has 6 heteroatoms. The number of rotatable bonds is 2. The Bertz CT molecular complexity index is 574. The Morgan fingerprint density at radius 2 is 1.65 bits per heavy atom. The molecule has 1 aliphatic rings. The molecule has 1 aromatic heterocycles. The van der Waals surface area contributed by atoms with E-state index < -0.39 is 11.6 Å². The van der Waals surface area contributed by atoms with Crippen LogP contribution < -0.4 is 10.2 Å². The van der Waals surface area contributed by atoms with Gasteiger partial charge in [-0.1, -0.05) is 0 Å². The Morgan fingerprint density at radius 1 is 0.950 bits per heavy atom. The molecule has 0 saturated carbocycles. The topological polar surface area (TPSA) is 41.0 Å². The van der Waals surface area contributed by atoms with Crippen LogP contribution in [0.15, 0.2) is 30.3 Å². The van der Waals surface area contributed by atoms with Gasteiger partial charge in [0.25, 0.3) is 0 Å². The average Bonchev–Trinajstić information content (AvgIpc) is 2.47. The van der Waals surface area contributed by atoms with Crippen LogP contribution in [0.3, 0.4) is 0 Å². The summed E-state index contributed by atoms with van der Waals surface area (Å²) in [5.74, 6) is -0.451. The summed E-state index contributed by atoms with van der Waals surface area (Å²) < 4.78 is 26.4. The van der Waals surface area contributed by atoms with E-state index in [2.05, 4.69) is 20.4 Å². The molecule has 1 aliphatic heterocycles. The predicted molar refractivity (Wildman–Crippen MR) is 72.5 cm³/mol. The second-order valence-electron chi connectivity index (χ2n) is 4.67. The minimum atomic E-state index is -0.618. The van der Waals surface area contributed by atoms with Gasteiger partial charge in [-0.15, -0.1) is 10.2 Å². The number of nitrogens with one attached hydrogen (secondary N) is 1. The number of hydrogen-bond acceptors (Lipinski definition) is 4. The fraction of sp³-hybridized carbons (Fsp3) is 0.286. The molecule has 1 fully saturated rings. The lowest BCUT2D eigenvalue weighted by molar-refractivity contribution is 0.582. The standard InChI is InChI=1S/C14H14F2N4/c15-11-7-10(8-12(16)9-11)13-1-2-14(19-18-13)20-5-3-17-4-6-20/h1-2,7-9,17H,3-6H2. The van der Waals surface area contributed by atoms with Gasteiger partial charge in [0.2, 0.25) is 0 Å². The molecule has 4 nitrogen and oxygen atoms in total. The smallest absolute Gasteiger partial charge is 0.151 e. The third-order valence-electron chi connectivity index (χ3n) is 3.25. The van der Waals surface area contributed by atoms with Crippen molar-refractivity contribution in [3.05, 3.63) is 42.0 Å². The molecule has 3 rings (SSSR count). The number of aromatic nitrogens is 2. The van der Waals surface area contributed by atoms with Crippen LogP contribution in [0.4, 0.5) is 14.6 Å². The van der Waals surface area contributed by atoms with Crippen molar-refractivity contribution in [3.8, 4) is 11.3 Å². The summed E-state index contributed by atoms with van der Waals surface area (Å²) in [7, 11) is 0. The van der Waals surface area contributed by atoms with Gasteiger partial charge in [0.05, 0.1) is 5.69 Å². The number of nitrogens with zero attached hydrogens (tertiary/aromatic N) is 3. The first-order chi connectivity index (χ1) is 9.72. The molecule has 1 aromatic carbocycles. The summed E-state index contributed by atoms with van der Waals surface area (Å²) in [5, 5.41) is 11.5. The average molecular weight is 276 g/mol. The van der Waals surface area contributed by atoms with Gasteiger partial charge in [-0.3, -0.25) is 0 Å². The van der Waals surface area contributed by atoms with Gasteiger partial charge >= 0.3 is 0 Å². The Morgan fingerprint density at radius 3 is 2.25 bits per heavy atom. The second-order valence-corrected chi connectivity index (χ2v) is 4.67. The first-order valence-electron chi connectivity index (χ1n) is 6.48. The summed E-state index contributed by atoms with van der Waals surface area (Å²) >= 11 is 0. The molecule has 2 aromatic rings. The highest BCUT2D eigenvalue weighted by Gasteiger charge is 2.12. The van der Waals surface area contributed by atoms with Crippen LogP contribution in [0.2, 0.25) is 0 Å². The molecule has 0 amide bonds. The Labute approximate surface area is 115 Å². The molecule has 0 atom stereocenters. The summed E-state index contributed by atoms with van der Waals surface area (Å²) in [6.07, 6.45) is 0. The van der Waals surface area contributed by atoms with Crippen molar-refractivity contribution in [2.75, 3.05) is 31.1 Å². The quantitative estimate of drug-likeness (QED) is 0.908. The van der Waals surface area contributed by atoms with Crippen LogP contribution in [-0.4, -0.2) is 36.4 Å². The minimum Gasteiger partial charge on any atom is -0.353 e. The van der Waals surface area contributed by atoms with Crippen molar-refractivity contribution in [2.45, 2.75) is 0 Å². The van der Waals surface area contributed by atoms with Crippen LogP contribution in [0.25, 0.3) is 11.3 Å². The highest BCUT2D eigenvalue weighted by molar-refractivity contribution is 5.59. The number of anilines is 1. The van der Waals surface area contributed by atoms with Crippen molar-refractivity contribution >= 4 is 5.82 Å². The van der Waals surface area contributed by atoms with Crippen molar-refractivity contribution in [1.82, 2.24) is 15.5 Å². The predicted octanol–water partition coefficient (Wildman–Crippen LogP) is 1.83. The van der Waals surface area contributed by atoms with E-state index in [0.717, 1.165) is 38.1 Å². The Kier molecular flexibility index (Phi) is 3.56. The maximum absolute atomic E-state index is 13.2. The number of piperazine rings is 1. The Balaban J connectivity index is 1.85. The molecule has 2 heterocycles. The third-order valence-corrected chi connectivity index (χ3v) is 3.25. The van der Waals surface area contributed by atoms with E-state index in [1.807, 2.05) is 6.07 Å². The SMILES string of the molecule is Fc1cc(F)cc(-c2ccc(N3CCNCC3)nn2)c1. The molecule has 0 bridgehead atoms. The van der Waals surface area contributed by atoms with E-state index in [-0.39, 0.29) is 0 Å². The zero-order valence-corrected chi connectivity index (χ0v) is 10.8. The van der Waals surface area contributed by atoms with Crippen molar-refractivity contribution in [3.63, 3.8) is 0 Å². The van der Waals surface area contributed by atoms with Crippen LogP contribution in [0.5, 0.6) is 0 Å². The molecular formula is C14H14F2N4. The van der Waals surface area contributed by atoms with Gasteiger partial charge in [0.1, 0.15) is 11.6 Å². The maximum atomic E-state index is 13.2. The van der Waals surface area contributed by atoms with Gasteiger partial charge in [-0.05, 0) is 24.3 Å². The van der Waals surface area contributed by atoms with Gasteiger partial charge < -0.3 is 10.2 Å². The molecule has 0 unspecified atom stereocenters. The van der Waals surface area contributed by atoms with Gasteiger partial charge in [-0.2, -0.15) is 0 Å². The molecule has 0 aliphatic carbocycles. The van der Waals surface area contributed by atoms with Crippen LogP contribution in [0, 0.1) is 11.6 Å². The lowest BCUT2D eigenvalue weighted by Crippen LogP contribution is -2.43. The lowest BCUT2D eigenvalue weighted by Gasteiger charge is -2.27. The van der Waals surface area contributed by atoms with Crippen LogP contribution in [-0.2, 0) is 0 Å². The molecule has 0 radical (unpaired) electrons. The van der Waals surface area contributed by atoms with Crippen molar-refractivity contribution in [2.24, 2.45) is 0 Å². The normalized spacial score (nSPS) is 15.4. The summed E-state index contributed by atoms with van der Waals surface area (Å²) in [5.41, 5.74) is 0.851. The summed E-state index contributed by atoms with van der Waals surface area (Å²) in [4.78, 5) is 2.12. The largest absolute Gasteiger partial charge is 0.353 e. The number of halogens is 2. The van der Waals surface area contributed by atoms with Crippen LogP contribution >= 0.6 is 0 Å². The monoisotopic (exact) mass is 276 g/mol. The summed E-state index contributed by atoms with van der Waals surface area (Å²) in [6, 6.07) is 6.90. The molecule has 1 N–H and O–H groups in total. The van der Waals surface area contributed by atoms with E-state index in [1.54, 1.807) is 6.07 Å². The molecule has 104 valence electrons. The first-order valence-corrected chi connectivity index (χ1v) is 6.48. The van der Waals surface area contributed by atoms with E-state index in [1.165, 1.54) is 12.1 Å². The fourth-order valence-corrected chi connectivity index (χ4v) is 2.24. The van der Waals surface area contributed by atoms with Gasteiger partial charge in [-0.25, -0.2) is 8.78 Å². The van der Waals surface area contributed by atoms with Crippen molar-refractivity contribution < 1.29 is 8.78 Å². The maximum Gasteiger partial charge on any atom is 0.151 e.